The van der Waals surface area contributed by atoms with Crippen molar-refractivity contribution in [1.82, 2.24) is 0 Å². The lowest BCUT2D eigenvalue weighted by molar-refractivity contribution is 0.439. The first-order valence-corrected chi connectivity index (χ1v) is 7.22. The van der Waals surface area contributed by atoms with Gasteiger partial charge in [0, 0.05) is 0 Å². The van der Waals surface area contributed by atoms with Gasteiger partial charge in [-0.25, -0.2) is 9.79 Å². The third-order valence-electron chi connectivity index (χ3n) is 3.14. The molecule has 0 aromatic carbocycles. The van der Waals surface area contributed by atoms with Gasteiger partial charge in [-0.2, -0.15) is 0 Å². The fraction of sp³-hybridized carbons (Fsp3) is 0.588. The molecule has 0 aromatic heterocycles. The first-order valence-electron chi connectivity index (χ1n) is 7.22. The number of aliphatic imine (C=N–C) groups is 1. The van der Waals surface area contributed by atoms with E-state index in [0.29, 0.717) is 5.92 Å². The number of carbonyl (C=O) groups excluding carboxylic acids is 1. The van der Waals surface area contributed by atoms with Gasteiger partial charge in [-0.3, -0.25) is 0 Å². The van der Waals surface area contributed by atoms with E-state index in [2.05, 4.69) is 37.2 Å². The van der Waals surface area contributed by atoms with Gasteiger partial charge in [-0.1, -0.05) is 44.1 Å². The summed E-state index contributed by atoms with van der Waals surface area (Å²) in [5, 5.41) is 0. The molecule has 2 atom stereocenters. The molecule has 0 fully saturated rings. The second kappa shape index (κ2) is 13.0. The standard InChI is InChI=1S/C17H27NO/c1-4-7-8-9-10-13-16(11-5-2)14-17(12-6-3)18-15-19/h5-6,9-10,16-17H,2-4,7-8,11-14H2,1H3. The van der Waals surface area contributed by atoms with Crippen molar-refractivity contribution in [2.24, 2.45) is 10.9 Å². The Labute approximate surface area is 118 Å². The van der Waals surface area contributed by atoms with E-state index >= 15 is 0 Å². The molecule has 0 N–H and O–H groups in total. The van der Waals surface area contributed by atoms with Gasteiger partial charge < -0.3 is 0 Å². The van der Waals surface area contributed by atoms with E-state index in [4.69, 9.17) is 0 Å². The van der Waals surface area contributed by atoms with E-state index in [-0.39, 0.29) is 6.04 Å². The minimum absolute atomic E-state index is 0.0176. The molecule has 0 heterocycles. The van der Waals surface area contributed by atoms with Crippen molar-refractivity contribution < 1.29 is 4.79 Å². The van der Waals surface area contributed by atoms with Crippen LogP contribution in [-0.2, 0) is 4.79 Å². The molecule has 2 nitrogen and oxygen atoms in total. The number of hydrogen-bond acceptors (Lipinski definition) is 2. The van der Waals surface area contributed by atoms with Crippen LogP contribution < -0.4 is 0 Å². The Morgan fingerprint density at radius 3 is 2.47 bits per heavy atom. The molecule has 0 saturated carbocycles. The summed E-state index contributed by atoms with van der Waals surface area (Å²) < 4.78 is 0. The van der Waals surface area contributed by atoms with Crippen LogP contribution in [0.5, 0.6) is 0 Å². The molecule has 0 aliphatic heterocycles. The fourth-order valence-corrected chi connectivity index (χ4v) is 2.11. The Balaban J connectivity index is 4.28. The zero-order valence-corrected chi connectivity index (χ0v) is 12.2. The summed E-state index contributed by atoms with van der Waals surface area (Å²) in [5.41, 5.74) is 0. The number of nitrogens with zero attached hydrogens (tertiary/aromatic N) is 1. The van der Waals surface area contributed by atoms with Crippen LogP contribution in [-0.4, -0.2) is 12.1 Å². The third kappa shape index (κ3) is 10.2. The highest BCUT2D eigenvalue weighted by molar-refractivity contribution is 5.33. The van der Waals surface area contributed by atoms with Crippen molar-refractivity contribution in [2.75, 3.05) is 0 Å². The predicted molar refractivity (Wildman–Crippen MR) is 82.9 cm³/mol. The number of unbranched alkanes of at least 4 members (excludes halogenated alkanes) is 2. The van der Waals surface area contributed by atoms with Crippen LogP contribution in [0.4, 0.5) is 0 Å². The van der Waals surface area contributed by atoms with Crippen LogP contribution in [0.2, 0.25) is 0 Å². The quantitative estimate of drug-likeness (QED) is 0.211. The number of allylic oxidation sites excluding steroid dienone is 3. The van der Waals surface area contributed by atoms with Crippen LogP contribution >= 0.6 is 0 Å². The highest BCUT2D eigenvalue weighted by Gasteiger charge is 2.13. The Morgan fingerprint density at radius 2 is 1.89 bits per heavy atom. The van der Waals surface area contributed by atoms with E-state index in [1.54, 1.807) is 6.08 Å². The summed E-state index contributed by atoms with van der Waals surface area (Å²) in [7, 11) is 0. The molecule has 0 aliphatic carbocycles. The Hall–Kier alpha value is -1.40. The van der Waals surface area contributed by atoms with E-state index in [1.807, 2.05) is 12.2 Å². The van der Waals surface area contributed by atoms with E-state index < -0.39 is 0 Å². The first kappa shape index (κ1) is 17.6. The normalized spacial score (nSPS) is 13.7. The minimum Gasteiger partial charge on any atom is -0.211 e. The van der Waals surface area contributed by atoms with Crippen molar-refractivity contribution in [2.45, 2.75) is 57.9 Å². The average molecular weight is 261 g/mol. The van der Waals surface area contributed by atoms with Crippen LogP contribution in [0.25, 0.3) is 0 Å². The molecule has 0 aliphatic rings. The third-order valence-corrected chi connectivity index (χ3v) is 3.14. The second-order valence-electron chi connectivity index (χ2n) is 4.87. The van der Waals surface area contributed by atoms with Crippen molar-refractivity contribution in [3.05, 3.63) is 37.5 Å². The predicted octanol–water partition coefficient (Wildman–Crippen LogP) is 4.99. The van der Waals surface area contributed by atoms with Crippen LogP contribution in [0.3, 0.4) is 0 Å². The largest absolute Gasteiger partial charge is 0.235 e. The molecular formula is C17H27NO. The molecule has 0 saturated heterocycles. The molecular weight excluding hydrogens is 234 g/mol. The molecule has 0 radical (unpaired) electrons. The van der Waals surface area contributed by atoms with Gasteiger partial charge in [-0.15, -0.1) is 13.2 Å². The van der Waals surface area contributed by atoms with Crippen LogP contribution in [0.15, 0.2) is 42.5 Å². The average Bonchev–Trinajstić information content (AvgIpc) is 2.39. The monoisotopic (exact) mass is 261 g/mol. The van der Waals surface area contributed by atoms with Crippen LogP contribution in [0, 0.1) is 5.92 Å². The maximum atomic E-state index is 10.4. The molecule has 0 rings (SSSR count). The zero-order valence-electron chi connectivity index (χ0n) is 12.2. The molecule has 0 amide bonds. The van der Waals surface area contributed by atoms with E-state index in [0.717, 1.165) is 32.1 Å². The highest BCUT2D eigenvalue weighted by Crippen LogP contribution is 2.20. The van der Waals surface area contributed by atoms with E-state index in [1.165, 1.54) is 12.8 Å². The van der Waals surface area contributed by atoms with Gasteiger partial charge in [0.25, 0.3) is 0 Å². The van der Waals surface area contributed by atoms with Crippen molar-refractivity contribution in [3.8, 4) is 0 Å². The lowest BCUT2D eigenvalue weighted by atomic mass is 9.92. The molecule has 0 spiro atoms. The van der Waals surface area contributed by atoms with Gasteiger partial charge in [0.1, 0.15) is 0 Å². The summed E-state index contributed by atoms with van der Waals surface area (Å²) in [6.07, 6.45) is 17.2. The smallest absolute Gasteiger partial charge is 0.211 e. The van der Waals surface area contributed by atoms with E-state index in [9.17, 15) is 4.79 Å². The molecule has 2 heteroatoms. The van der Waals surface area contributed by atoms with Gasteiger partial charge in [0.2, 0.25) is 6.08 Å². The lowest BCUT2D eigenvalue weighted by Crippen LogP contribution is -2.10. The summed E-state index contributed by atoms with van der Waals surface area (Å²) >= 11 is 0. The fourth-order valence-electron chi connectivity index (χ4n) is 2.11. The maximum absolute atomic E-state index is 10.4. The highest BCUT2D eigenvalue weighted by atomic mass is 16.1. The number of isocyanates is 1. The summed E-state index contributed by atoms with van der Waals surface area (Å²) in [6.45, 7) is 9.71. The summed E-state index contributed by atoms with van der Waals surface area (Å²) in [5.74, 6) is 0.498. The molecule has 19 heavy (non-hydrogen) atoms. The SMILES string of the molecule is C=CCC(CC=CCCCC)CC(CC=C)N=C=O. The maximum Gasteiger partial charge on any atom is 0.235 e. The second-order valence-corrected chi connectivity index (χ2v) is 4.87. The lowest BCUT2D eigenvalue weighted by Gasteiger charge is -2.16. The topological polar surface area (TPSA) is 29.4 Å². The van der Waals surface area contributed by atoms with Gasteiger partial charge in [-0.05, 0) is 38.0 Å². The van der Waals surface area contributed by atoms with Gasteiger partial charge in [0.15, 0.2) is 0 Å². The Morgan fingerprint density at radius 1 is 1.16 bits per heavy atom. The summed E-state index contributed by atoms with van der Waals surface area (Å²) in [4.78, 5) is 14.3. The Bertz CT molecular complexity index is 313. The molecule has 0 aromatic rings. The van der Waals surface area contributed by atoms with Crippen molar-refractivity contribution in [1.29, 1.82) is 0 Å². The van der Waals surface area contributed by atoms with Crippen molar-refractivity contribution in [3.63, 3.8) is 0 Å². The molecule has 0 bridgehead atoms. The van der Waals surface area contributed by atoms with Gasteiger partial charge >= 0.3 is 0 Å². The number of rotatable bonds is 12. The zero-order chi connectivity index (χ0) is 14.3. The van der Waals surface area contributed by atoms with Gasteiger partial charge in [0.05, 0.1) is 6.04 Å². The Kier molecular flexibility index (Phi) is 12.1. The van der Waals surface area contributed by atoms with Crippen LogP contribution in [0.1, 0.15) is 51.9 Å². The minimum atomic E-state index is 0.0176. The first-order chi connectivity index (χ1) is 9.28. The number of hydrogen-bond donors (Lipinski definition) is 0. The molecule has 2 unspecified atom stereocenters. The molecule has 106 valence electrons. The van der Waals surface area contributed by atoms with Crippen molar-refractivity contribution >= 4 is 6.08 Å². The summed E-state index contributed by atoms with van der Waals surface area (Å²) in [6, 6.07) is 0.0176.